The van der Waals surface area contributed by atoms with Crippen molar-refractivity contribution in [2.24, 2.45) is 0 Å². The van der Waals surface area contributed by atoms with Gasteiger partial charge in [0, 0.05) is 31.5 Å². The summed E-state index contributed by atoms with van der Waals surface area (Å²) in [5, 5.41) is 2.88. The van der Waals surface area contributed by atoms with Gasteiger partial charge in [-0.25, -0.2) is 8.42 Å². The Balaban J connectivity index is 2.14. The van der Waals surface area contributed by atoms with Crippen LogP contribution in [0.15, 0.2) is 64.4 Å². The van der Waals surface area contributed by atoms with Gasteiger partial charge in [-0.1, -0.05) is 35.9 Å². The minimum Gasteiger partial charge on any atom is -0.385 e. The molecule has 0 radical (unpaired) electrons. The number of rotatable bonds is 8. The maximum Gasteiger partial charge on any atom is 0.256 e. The summed E-state index contributed by atoms with van der Waals surface area (Å²) in [5.41, 5.74) is 2.86. The number of aromatic nitrogens is 1. The molecule has 0 fully saturated rings. The molecule has 0 aliphatic rings. The topological polar surface area (TPSA) is 77.4 Å². The summed E-state index contributed by atoms with van der Waals surface area (Å²) in [6.07, 6.45) is 0.684. The predicted octanol–water partition coefficient (Wildman–Crippen LogP) is 4.53. The molecular formula is C24H28N2O4S. The van der Waals surface area contributed by atoms with Crippen LogP contribution in [0.1, 0.15) is 33.6 Å². The molecule has 3 aromatic rings. The van der Waals surface area contributed by atoms with Gasteiger partial charge in [0.2, 0.25) is 9.84 Å². The minimum absolute atomic E-state index is 0.135. The minimum atomic E-state index is -3.84. The predicted molar refractivity (Wildman–Crippen MR) is 121 cm³/mol. The van der Waals surface area contributed by atoms with E-state index in [9.17, 15) is 13.2 Å². The highest BCUT2D eigenvalue weighted by Gasteiger charge is 2.30. The third-order valence-corrected chi connectivity index (χ3v) is 7.30. The maximum atomic E-state index is 13.6. The van der Waals surface area contributed by atoms with Gasteiger partial charge in [-0.2, -0.15) is 0 Å². The van der Waals surface area contributed by atoms with Crippen molar-refractivity contribution in [3.63, 3.8) is 0 Å². The van der Waals surface area contributed by atoms with Gasteiger partial charge in [0.15, 0.2) is 0 Å². The molecule has 6 nitrogen and oxygen atoms in total. The van der Waals surface area contributed by atoms with Crippen LogP contribution in [0.2, 0.25) is 0 Å². The fourth-order valence-electron chi connectivity index (χ4n) is 3.54. The SMILES string of the molecule is COCCCn1c(C)c(C)c(S(=O)(=O)c2ccc(C)cc2)c1NC(=O)c1ccccc1. The largest absolute Gasteiger partial charge is 0.385 e. The van der Waals surface area contributed by atoms with Crippen LogP contribution < -0.4 is 5.32 Å². The van der Waals surface area contributed by atoms with E-state index in [4.69, 9.17) is 4.74 Å². The molecule has 1 amide bonds. The van der Waals surface area contributed by atoms with Crippen LogP contribution in [0.25, 0.3) is 0 Å². The zero-order valence-electron chi connectivity index (χ0n) is 18.3. The first kappa shape index (κ1) is 22.8. The van der Waals surface area contributed by atoms with Crippen LogP contribution in [0.3, 0.4) is 0 Å². The monoisotopic (exact) mass is 440 g/mol. The lowest BCUT2D eigenvalue weighted by molar-refractivity contribution is 0.102. The van der Waals surface area contributed by atoms with E-state index in [1.807, 2.05) is 24.5 Å². The van der Waals surface area contributed by atoms with Crippen molar-refractivity contribution in [1.82, 2.24) is 4.57 Å². The third kappa shape index (κ3) is 4.73. The van der Waals surface area contributed by atoms with Crippen LogP contribution >= 0.6 is 0 Å². The van der Waals surface area contributed by atoms with Crippen LogP contribution in [0.5, 0.6) is 0 Å². The lowest BCUT2D eigenvalue weighted by atomic mass is 10.2. The molecule has 1 aromatic heterocycles. The van der Waals surface area contributed by atoms with E-state index in [-0.39, 0.29) is 15.7 Å². The zero-order chi connectivity index (χ0) is 22.6. The molecule has 0 bridgehead atoms. The van der Waals surface area contributed by atoms with Crippen molar-refractivity contribution in [3.8, 4) is 0 Å². The fraction of sp³-hybridized carbons (Fsp3) is 0.292. The number of methoxy groups -OCH3 is 1. The first-order chi connectivity index (χ1) is 14.8. The molecule has 0 spiro atoms. The number of ether oxygens (including phenoxy) is 1. The van der Waals surface area contributed by atoms with Crippen molar-refractivity contribution in [2.45, 2.75) is 43.5 Å². The average molecular weight is 441 g/mol. The molecule has 31 heavy (non-hydrogen) atoms. The number of carbonyl (C=O) groups excluding carboxylic acids is 1. The first-order valence-electron chi connectivity index (χ1n) is 10.1. The van der Waals surface area contributed by atoms with Crippen molar-refractivity contribution >= 4 is 21.6 Å². The molecular weight excluding hydrogens is 412 g/mol. The molecule has 1 N–H and O–H groups in total. The van der Waals surface area contributed by atoms with Gasteiger partial charge in [-0.15, -0.1) is 0 Å². The normalized spacial score (nSPS) is 11.5. The molecule has 0 aliphatic carbocycles. The van der Waals surface area contributed by atoms with E-state index in [1.54, 1.807) is 62.6 Å². The van der Waals surface area contributed by atoms with E-state index in [1.165, 1.54) is 0 Å². The van der Waals surface area contributed by atoms with Crippen molar-refractivity contribution in [3.05, 3.63) is 77.0 Å². The van der Waals surface area contributed by atoms with E-state index < -0.39 is 9.84 Å². The third-order valence-electron chi connectivity index (χ3n) is 5.37. The summed E-state index contributed by atoms with van der Waals surface area (Å²) >= 11 is 0. The number of hydrogen-bond donors (Lipinski definition) is 1. The second kappa shape index (κ2) is 9.49. The molecule has 0 aliphatic heterocycles. The van der Waals surface area contributed by atoms with E-state index in [0.717, 1.165) is 11.3 Å². The van der Waals surface area contributed by atoms with Gasteiger partial charge in [-0.3, -0.25) is 4.79 Å². The molecule has 164 valence electrons. The molecule has 3 rings (SSSR count). The number of sulfone groups is 1. The van der Waals surface area contributed by atoms with Crippen molar-refractivity contribution < 1.29 is 17.9 Å². The van der Waals surface area contributed by atoms with Crippen molar-refractivity contribution in [1.29, 1.82) is 0 Å². The standard InChI is InChI=1S/C24H28N2O4S/c1-17-11-13-21(14-12-17)31(28,29)22-18(2)19(3)26(15-8-16-30-4)23(22)25-24(27)20-9-6-5-7-10-20/h5-7,9-14H,8,15-16H2,1-4H3,(H,25,27). The number of benzene rings is 2. The Kier molecular flexibility index (Phi) is 6.97. The van der Waals surface area contributed by atoms with E-state index in [2.05, 4.69) is 5.32 Å². The van der Waals surface area contributed by atoms with E-state index in [0.29, 0.717) is 36.5 Å². The highest BCUT2D eigenvalue weighted by atomic mass is 32.2. The number of nitrogens with one attached hydrogen (secondary N) is 1. The Morgan fingerprint density at radius 1 is 1.00 bits per heavy atom. The fourth-order valence-corrected chi connectivity index (χ4v) is 5.24. The number of carbonyl (C=O) groups is 1. The smallest absolute Gasteiger partial charge is 0.256 e. The Morgan fingerprint density at radius 3 is 2.26 bits per heavy atom. The highest BCUT2D eigenvalue weighted by molar-refractivity contribution is 7.91. The van der Waals surface area contributed by atoms with Crippen molar-refractivity contribution in [2.75, 3.05) is 19.0 Å². The molecule has 0 unspecified atom stereocenters. The summed E-state index contributed by atoms with van der Waals surface area (Å²) in [6, 6.07) is 15.5. The van der Waals surface area contributed by atoms with Gasteiger partial charge in [0.25, 0.3) is 5.91 Å². The summed E-state index contributed by atoms with van der Waals surface area (Å²) in [6.45, 7) is 6.61. The molecule has 0 saturated carbocycles. The Labute approximate surface area is 183 Å². The molecule has 7 heteroatoms. The van der Waals surface area contributed by atoms with Gasteiger partial charge >= 0.3 is 0 Å². The Morgan fingerprint density at radius 2 is 1.65 bits per heavy atom. The average Bonchev–Trinajstić information content (AvgIpc) is 2.99. The second-order valence-electron chi connectivity index (χ2n) is 7.52. The van der Waals surface area contributed by atoms with Crippen LogP contribution in [0, 0.1) is 20.8 Å². The van der Waals surface area contributed by atoms with Gasteiger partial charge < -0.3 is 14.6 Å². The zero-order valence-corrected chi connectivity index (χ0v) is 19.1. The number of hydrogen-bond acceptors (Lipinski definition) is 4. The summed E-state index contributed by atoms with van der Waals surface area (Å²) in [7, 11) is -2.22. The van der Waals surface area contributed by atoms with E-state index >= 15 is 0 Å². The van der Waals surface area contributed by atoms with Gasteiger partial charge in [-0.05, 0) is 57.0 Å². The quantitative estimate of drug-likeness (QED) is 0.522. The number of anilines is 1. The van der Waals surface area contributed by atoms with Gasteiger partial charge in [0.1, 0.15) is 10.7 Å². The lowest BCUT2D eigenvalue weighted by Crippen LogP contribution is -2.18. The summed E-state index contributed by atoms with van der Waals surface area (Å²) < 4.78 is 34.2. The summed E-state index contributed by atoms with van der Waals surface area (Å²) in [4.78, 5) is 13.3. The number of aryl methyl sites for hydroxylation is 1. The van der Waals surface area contributed by atoms with Gasteiger partial charge in [0.05, 0.1) is 4.90 Å². The molecule has 0 atom stereocenters. The Bertz CT molecular complexity index is 1160. The van der Waals surface area contributed by atoms with Crippen LogP contribution in [-0.2, 0) is 21.1 Å². The summed E-state index contributed by atoms with van der Waals surface area (Å²) in [5.74, 6) is -0.0630. The first-order valence-corrected chi connectivity index (χ1v) is 11.6. The highest BCUT2D eigenvalue weighted by Crippen LogP contribution is 2.36. The molecule has 2 aromatic carbocycles. The van der Waals surface area contributed by atoms with Crippen LogP contribution in [-0.4, -0.2) is 32.6 Å². The lowest BCUT2D eigenvalue weighted by Gasteiger charge is -2.14. The molecule has 0 saturated heterocycles. The van der Waals surface area contributed by atoms with Crippen LogP contribution in [0.4, 0.5) is 5.82 Å². The molecule has 1 heterocycles. The Hall–Kier alpha value is -2.90. The number of nitrogens with zero attached hydrogens (tertiary/aromatic N) is 1. The number of amides is 1. The maximum absolute atomic E-state index is 13.6. The second-order valence-corrected chi connectivity index (χ2v) is 9.41.